The molecule has 1 aromatic carbocycles. The molecule has 0 saturated heterocycles. The van der Waals surface area contributed by atoms with Crippen LogP contribution in [0.2, 0.25) is 5.02 Å². The van der Waals surface area contributed by atoms with Crippen LogP contribution in [0.1, 0.15) is 22.2 Å². The van der Waals surface area contributed by atoms with E-state index in [2.05, 4.69) is 15.7 Å². The molecule has 1 amide bonds. The highest BCUT2D eigenvalue weighted by Crippen LogP contribution is 2.26. The van der Waals surface area contributed by atoms with E-state index in [0.717, 1.165) is 28.6 Å². The minimum atomic E-state index is -0.0777. The van der Waals surface area contributed by atoms with Gasteiger partial charge in [0.25, 0.3) is 5.91 Å². The smallest absolute Gasteiger partial charge is 0.269 e. The summed E-state index contributed by atoms with van der Waals surface area (Å²) in [5, 5.41) is 13.8. The van der Waals surface area contributed by atoms with Crippen LogP contribution in [-0.4, -0.2) is 28.8 Å². The van der Waals surface area contributed by atoms with E-state index in [1.807, 2.05) is 47.8 Å². The third-order valence-corrected chi connectivity index (χ3v) is 5.34. The number of hydrogen-bond donors (Lipinski definition) is 2. The van der Waals surface area contributed by atoms with Gasteiger partial charge in [-0.05, 0) is 41.6 Å². The average Bonchev–Trinajstić information content (AvgIpc) is 3.28. The van der Waals surface area contributed by atoms with Gasteiger partial charge in [-0.2, -0.15) is 5.10 Å². The molecule has 1 aliphatic rings. The predicted octanol–water partition coefficient (Wildman–Crippen LogP) is 3.34. The largest absolute Gasteiger partial charge is 0.347 e. The number of fused-ring (bicyclic) bond motifs is 1. The lowest BCUT2D eigenvalue weighted by molar-refractivity contribution is 0.0901. The Morgan fingerprint density at radius 2 is 2.16 bits per heavy atom. The van der Waals surface area contributed by atoms with Gasteiger partial charge in [0.15, 0.2) is 0 Å². The maximum absolute atomic E-state index is 12.1. The van der Waals surface area contributed by atoms with Crippen LogP contribution >= 0.6 is 22.9 Å². The molecule has 1 atom stereocenters. The van der Waals surface area contributed by atoms with Crippen molar-refractivity contribution in [3.05, 3.63) is 64.1 Å². The van der Waals surface area contributed by atoms with Crippen molar-refractivity contribution in [3.63, 3.8) is 0 Å². The summed E-state index contributed by atoms with van der Waals surface area (Å²) in [6, 6.07) is 13.7. The molecule has 128 valence electrons. The fourth-order valence-corrected chi connectivity index (χ4v) is 3.71. The van der Waals surface area contributed by atoms with E-state index in [1.54, 1.807) is 16.0 Å². The lowest BCUT2D eigenvalue weighted by atomic mass is 10.1. The average molecular weight is 373 g/mol. The zero-order chi connectivity index (χ0) is 17.2. The molecule has 1 aliphatic heterocycles. The van der Waals surface area contributed by atoms with Crippen molar-refractivity contribution in [2.45, 2.75) is 12.6 Å². The summed E-state index contributed by atoms with van der Waals surface area (Å²) < 4.78 is 1.80. The number of nitrogens with zero attached hydrogens (tertiary/aromatic N) is 2. The molecule has 2 N–H and O–H groups in total. The van der Waals surface area contributed by atoms with Gasteiger partial charge in [-0.15, -0.1) is 11.3 Å². The Morgan fingerprint density at radius 1 is 1.32 bits per heavy atom. The van der Waals surface area contributed by atoms with Crippen molar-refractivity contribution in [1.29, 1.82) is 0 Å². The number of carbonyl (C=O) groups excluding carboxylic acids is 1. The van der Waals surface area contributed by atoms with E-state index in [1.165, 1.54) is 5.56 Å². The zero-order valence-corrected chi connectivity index (χ0v) is 15.0. The SMILES string of the molecule is O=C1NC[C@@H](NCCc2ccc(Cl)cc2)n2nc(-c3cccs3)cc21. The van der Waals surface area contributed by atoms with Gasteiger partial charge in [0, 0.05) is 11.6 Å². The topological polar surface area (TPSA) is 59.0 Å². The number of aromatic nitrogens is 2. The van der Waals surface area contributed by atoms with Crippen LogP contribution in [-0.2, 0) is 6.42 Å². The van der Waals surface area contributed by atoms with Gasteiger partial charge in [-0.25, -0.2) is 4.68 Å². The van der Waals surface area contributed by atoms with Crippen LogP contribution in [0.4, 0.5) is 0 Å². The second-order valence-corrected chi connectivity index (χ2v) is 7.28. The molecule has 0 fully saturated rings. The van der Waals surface area contributed by atoms with Gasteiger partial charge in [-0.3, -0.25) is 10.1 Å². The minimum Gasteiger partial charge on any atom is -0.347 e. The van der Waals surface area contributed by atoms with Crippen molar-refractivity contribution >= 4 is 28.8 Å². The molecular formula is C18H17ClN4OS. The molecule has 0 spiro atoms. The summed E-state index contributed by atoms with van der Waals surface area (Å²) in [6.45, 7) is 1.31. The lowest BCUT2D eigenvalue weighted by Gasteiger charge is -2.25. The van der Waals surface area contributed by atoms with Gasteiger partial charge in [0.1, 0.15) is 17.6 Å². The van der Waals surface area contributed by atoms with Crippen LogP contribution < -0.4 is 10.6 Å². The van der Waals surface area contributed by atoms with Crippen molar-refractivity contribution in [2.24, 2.45) is 0 Å². The van der Waals surface area contributed by atoms with E-state index in [-0.39, 0.29) is 12.1 Å². The monoisotopic (exact) mass is 372 g/mol. The molecule has 7 heteroatoms. The molecule has 5 nitrogen and oxygen atoms in total. The quantitative estimate of drug-likeness (QED) is 0.722. The van der Waals surface area contributed by atoms with Crippen LogP contribution in [0.25, 0.3) is 10.6 Å². The summed E-state index contributed by atoms with van der Waals surface area (Å²) in [5.74, 6) is -0.0777. The standard InChI is InChI=1S/C18H17ClN4OS/c19-13-5-3-12(4-6-13)7-8-20-17-11-21-18(24)15-10-14(22-23(15)17)16-2-1-9-25-16/h1-6,9-10,17,20H,7-8,11H2,(H,21,24)/t17-/m0/s1. The fraction of sp³-hybridized carbons (Fsp3) is 0.222. The molecule has 25 heavy (non-hydrogen) atoms. The number of rotatable bonds is 5. The second kappa shape index (κ2) is 7.00. The van der Waals surface area contributed by atoms with Crippen LogP contribution in [0.15, 0.2) is 47.8 Å². The first kappa shape index (κ1) is 16.3. The third kappa shape index (κ3) is 3.46. The molecule has 0 radical (unpaired) electrons. The summed E-state index contributed by atoms with van der Waals surface area (Å²) in [4.78, 5) is 13.2. The Morgan fingerprint density at radius 3 is 2.92 bits per heavy atom. The highest BCUT2D eigenvalue weighted by atomic mass is 35.5. The van der Waals surface area contributed by atoms with Gasteiger partial charge >= 0.3 is 0 Å². The zero-order valence-electron chi connectivity index (χ0n) is 13.4. The number of hydrogen-bond acceptors (Lipinski definition) is 4. The highest BCUT2D eigenvalue weighted by molar-refractivity contribution is 7.13. The maximum Gasteiger partial charge on any atom is 0.269 e. The molecule has 3 heterocycles. The lowest BCUT2D eigenvalue weighted by Crippen LogP contribution is -2.45. The Kier molecular flexibility index (Phi) is 4.57. The number of halogens is 1. The number of thiophene rings is 1. The second-order valence-electron chi connectivity index (χ2n) is 5.89. The predicted molar refractivity (Wildman–Crippen MR) is 100 cm³/mol. The first-order valence-electron chi connectivity index (χ1n) is 8.10. The van der Waals surface area contributed by atoms with Gasteiger partial charge < -0.3 is 5.32 Å². The van der Waals surface area contributed by atoms with Gasteiger partial charge in [-0.1, -0.05) is 29.8 Å². The molecule has 4 rings (SSSR count). The van der Waals surface area contributed by atoms with Crippen LogP contribution in [0.3, 0.4) is 0 Å². The Balaban J connectivity index is 1.47. The number of amides is 1. The first-order chi connectivity index (χ1) is 12.2. The van der Waals surface area contributed by atoms with Crippen LogP contribution in [0.5, 0.6) is 0 Å². The number of benzene rings is 1. The van der Waals surface area contributed by atoms with E-state index in [4.69, 9.17) is 11.6 Å². The van der Waals surface area contributed by atoms with Crippen molar-refractivity contribution in [1.82, 2.24) is 20.4 Å². The highest BCUT2D eigenvalue weighted by Gasteiger charge is 2.27. The first-order valence-corrected chi connectivity index (χ1v) is 9.36. The van der Waals surface area contributed by atoms with Crippen molar-refractivity contribution < 1.29 is 4.79 Å². The molecule has 3 aromatic rings. The van der Waals surface area contributed by atoms with E-state index < -0.39 is 0 Å². The number of nitrogens with one attached hydrogen (secondary N) is 2. The van der Waals surface area contributed by atoms with E-state index >= 15 is 0 Å². The normalized spacial score (nSPS) is 16.5. The Labute approximate surface area is 154 Å². The van der Waals surface area contributed by atoms with Crippen molar-refractivity contribution in [3.8, 4) is 10.6 Å². The summed E-state index contributed by atoms with van der Waals surface area (Å²) in [6.07, 6.45) is 0.837. The molecule has 0 aliphatic carbocycles. The number of carbonyl (C=O) groups is 1. The van der Waals surface area contributed by atoms with Crippen molar-refractivity contribution in [2.75, 3.05) is 13.1 Å². The summed E-state index contributed by atoms with van der Waals surface area (Å²) >= 11 is 7.53. The molecule has 2 aromatic heterocycles. The fourth-order valence-electron chi connectivity index (χ4n) is 2.91. The summed E-state index contributed by atoms with van der Waals surface area (Å²) in [5.41, 5.74) is 2.65. The van der Waals surface area contributed by atoms with E-state index in [0.29, 0.717) is 12.2 Å². The van der Waals surface area contributed by atoms with E-state index in [9.17, 15) is 4.79 Å². The third-order valence-electron chi connectivity index (χ3n) is 4.20. The van der Waals surface area contributed by atoms with Gasteiger partial charge in [0.2, 0.25) is 0 Å². The molecule has 0 saturated carbocycles. The Bertz CT molecular complexity index is 873. The Hall–Kier alpha value is -2.15. The summed E-state index contributed by atoms with van der Waals surface area (Å²) in [7, 11) is 0. The van der Waals surface area contributed by atoms with Crippen LogP contribution in [0, 0.1) is 0 Å². The molecule has 0 unspecified atom stereocenters. The maximum atomic E-state index is 12.1. The molecule has 0 bridgehead atoms. The minimum absolute atomic E-state index is 0.0475. The molecular weight excluding hydrogens is 356 g/mol. The van der Waals surface area contributed by atoms with Gasteiger partial charge in [0.05, 0.1) is 11.4 Å².